The van der Waals surface area contributed by atoms with Crippen LogP contribution in [0, 0.1) is 0 Å². The number of carbonyl (C=O) groups is 1. The molecule has 0 aromatic carbocycles. The van der Waals surface area contributed by atoms with Crippen LogP contribution in [0.25, 0.3) is 0 Å². The number of nitrogens with two attached hydrogens (primary N) is 1. The average molecular weight is 223 g/mol. The van der Waals surface area contributed by atoms with E-state index in [1.165, 1.54) is 0 Å². The Morgan fingerprint density at radius 2 is 2.47 bits per heavy atom. The number of carbonyl (C=O) groups excluding carboxylic acids is 1. The topological polar surface area (TPSA) is 68.0 Å². The van der Waals surface area contributed by atoms with Gasteiger partial charge in [0.2, 0.25) is 5.91 Å². The summed E-state index contributed by atoms with van der Waals surface area (Å²) < 4.78 is 0. The van der Waals surface area contributed by atoms with E-state index in [2.05, 4.69) is 22.5 Å². The Morgan fingerprint density at radius 3 is 3.00 bits per heavy atom. The molecule has 0 aliphatic carbocycles. The molecule has 0 saturated carbocycles. The van der Waals surface area contributed by atoms with Crippen molar-refractivity contribution in [3.63, 3.8) is 0 Å². The lowest BCUT2D eigenvalue weighted by atomic mass is 10.1. The van der Waals surface area contributed by atoms with Gasteiger partial charge in [0.15, 0.2) is 0 Å². The van der Waals surface area contributed by atoms with Gasteiger partial charge in [-0.2, -0.15) is 0 Å². The van der Waals surface area contributed by atoms with Crippen molar-refractivity contribution in [2.75, 3.05) is 0 Å². The van der Waals surface area contributed by atoms with Crippen molar-refractivity contribution < 1.29 is 4.79 Å². The highest BCUT2D eigenvalue weighted by atomic mass is 32.1. The third-order valence-corrected chi connectivity index (χ3v) is 2.04. The summed E-state index contributed by atoms with van der Waals surface area (Å²) >= 11 is 4.65. The zero-order valence-electron chi connectivity index (χ0n) is 8.43. The first-order valence-electron chi connectivity index (χ1n) is 4.57. The van der Waals surface area contributed by atoms with Gasteiger partial charge in [0.1, 0.15) is 0 Å². The summed E-state index contributed by atoms with van der Waals surface area (Å²) in [4.78, 5) is 15.5. The van der Waals surface area contributed by atoms with Crippen LogP contribution >= 0.6 is 12.2 Å². The van der Waals surface area contributed by atoms with Gasteiger partial charge in [-0.25, -0.2) is 0 Å². The fourth-order valence-corrected chi connectivity index (χ4v) is 1.30. The molecular weight excluding hydrogens is 210 g/mol. The molecule has 80 valence electrons. The molecule has 1 rings (SSSR count). The number of amides is 1. The van der Waals surface area contributed by atoms with Crippen LogP contribution in [-0.4, -0.2) is 15.9 Å². The van der Waals surface area contributed by atoms with Gasteiger partial charge in [-0.1, -0.05) is 18.3 Å². The number of rotatable bonds is 4. The van der Waals surface area contributed by atoms with Crippen LogP contribution in [0.1, 0.15) is 24.9 Å². The maximum absolute atomic E-state index is 11.3. The van der Waals surface area contributed by atoms with Crippen molar-refractivity contribution in [1.82, 2.24) is 10.3 Å². The van der Waals surface area contributed by atoms with E-state index in [9.17, 15) is 4.79 Å². The average Bonchev–Trinajstić information content (AvgIpc) is 2.17. The SMILES string of the molecule is CC(NC(=O)CC(N)=S)c1cccnc1. The van der Waals surface area contributed by atoms with Crippen molar-refractivity contribution >= 4 is 23.1 Å². The number of thiocarbonyl (C=S) groups is 1. The van der Waals surface area contributed by atoms with Crippen molar-refractivity contribution in [2.45, 2.75) is 19.4 Å². The van der Waals surface area contributed by atoms with E-state index >= 15 is 0 Å². The molecule has 1 atom stereocenters. The summed E-state index contributed by atoms with van der Waals surface area (Å²) in [5.74, 6) is -0.168. The maximum Gasteiger partial charge on any atom is 0.227 e. The second-order valence-corrected chi connectivity index (χ2v) is 3.74. The number of nitrogens with one attached hydrogen (secondary N) is 1. The number of nitrogens with zero attached hydrogens (tertiary/aromatic N) is 1. The maximum atomic E-state index is 11.3. The first-order valence-corrected chi connectivity index (χ1v) is 4.98. The highest BCUT2D eigenvalue weighted by Gasteiger charge is 2.09. The van der Waals surface area contributed by atoms with E-state index < -0.39 is 0 Å². The van der Waals surface area contributed by atoms with Gasteiger partial charge in [0, 0.05) is 12.4 Å². The van der Waals surface area contributed by atoms with E-state index in [0.717, 1.165) is 5.56 Å². The Morgan fingerprint density at radius 1 is 1.73 bits per heavy atom. The van der Waals surface area contributed by atoms with Gasteiger partial charge >= 0.3 is 0 Å². The highest BCUT2D eigenvalue weighted by Crippen LogP contribution is 2.09. The second kappa shape index (κ2) is 5.41. The molecule has 5 heteroatoms. The van der Waals surface area contributed by atoms with Gasteiger partial charge in [-0.3, -0.25) is 9.78 Å². The van der Waals surface area contributed by atoms with Gasteiger partial charge in [-0.05, 0) is 18.6 Å². The molecule has 15 heavy (non-hydrogen) atoms. The molecular formula is C10H13N3OS. The van der Waals surface area contributed by atoms with Crippen molar-refractivity contribution in [2.24, 2.45) is 5.73 Å². The Labute approximate surface area is 93.9 Å². The smallest absolute Gasteiger partial charge is 0.227 e. The fourth-order valence-electron chi connectivity index (χ4n) is 1.17. The van der Waals surface area contributed by atoms with Crippen LogP contribution in [-0.2, 0) is 4.79 Å². The molecule has 4 nitrogen and oxygen atoms in total. The third kappa shape index (κ3) is 4.03. The van der Waals surface area contributed by atoms with Gasteiger partial charge in [0.25, 0.3) is 0 Å². The van der Waals surface area contributed by atoms with Crippen LogP contribution in [0.5, 0.6) is 0 Å². The highest BCUT2D eigenvalue weighted by molar-refractivity contribution is 7.80. The Hall–Kier alpha value is -1.49. The van der Waals surface area contributed by atoms with Gasteiger partial charge < -0.3 is 11.1 Å². The number of hydrogen-bond acceptors (Lipinski definition) is 3. The molecule has 0 aliphatic heterocycles. The molecule has 0 radical (unpaired) electrons. The Bertz CT molecular complexity index is 353. The predicted molar refractivity (Wildman–Crippen MR) is 62.2 cm³/mol. The van der Waals surface area contributed by atoms with Crippen molar-refractivity contribution in [1.29, 1.82) is 0 Å². The lowest BCUT2D eigenvalue weighted by Gasteiger charge is -2.13. The molecule has 0 spiro atoms. The zero-order valence-corrected chi connectivity index (χ0v) is 9.25. The van der Waals surface area contributed by atoms with Crippen molar-refractivity contribution in [3.8, 4) is 0 Å². The van der Waals surface area contributed by atoms with E-state index in [4.69, 9.17) is 5.73 Å². The number of hydrogen-bond donors (Lipinski definition) is 2. The summed E-state index contributed by atoms with van der Waals surface area (Å²) in [7, 11) is 0. The first-order chi connectivity index (χ1) is 7.09. The van der Waals surface area contributed by atoms with E-state index in [1.54, 1.807) is 12.4 Å². The lowest BCUT2D eigenvalue weighted by Crippen LogP contribution is -2.29. The third-order valence-electron chi connectivity index (χ3n) is 1.90. The molecule has 1 aromatic rings. The predicted octanol–water partition coefficient (Wildman–Crippen LogP) is 0.935. The summed E-state index contributed by atoms with van der Waals surface area (Å²) in [5, 5.41) is 2.78. The molecule has 1 heterocycles. The van der Waals surface area contributed by atoms with E-state index in [1.807, 2.05) is 19.1 Å². The quantitative estimate of drug-likeness (QED) is 0.745. The van der Waals surface area contributed by atoms with E-state index in [0.29, 0.717) is 0 Å². The molecule has 3 N–H and O–H groups in total. The van der Waals surface area contributed by atoms with Crippen LogP contribution in [0.15, 0.2) is 24.5 Å². The molecule has 1 amide bonds. The van der Waals surface area contributed by atoms with Crippen LogP contribution in [0.3, 0.4) is 0 Å². The van der Waals surface area contributed by atoms with Gasteiger partial charge in [0.05, 0.1) is 17.5 Å². The molecule has 0 aliphatic rings. The zero-order chi connectivity index (χ0) is 11.3. The molecule has 0 fully saturated rings. The molecule has 1 unspecified atom stereocenters. The molecule has 0 bridgehead atoms. The van der Waals surface area contributed by atoms with Crippen molar-refractivity contribution in [3.05, 3.63) is 30.1 Å². The molecule has 1 aromatic heterocycles. The molecule has 0 saturated heterocycles. The van der Waals surface area contributed by atoms with Gasteiger partial charge in [-0.15, -0.1) is 0 Å². The van der Waals surface area contributed by atoms with E-state index in [-0.39, 0.29) is 23.4 Å². The summed E-state index contributed by atoms with van der Waals surface area (Å²) in [6, 6.07) is 3.64. The van der Waals surface area contributed by atoms with Crippen LogP contribution in [0.4, 0.5) is 0 Å². The number of pyridine rings is 1. The lowest BCUT2D eigenvalue weighted by molar-refractivity contribution is -0.120. The van der Waals surface area contributed by atoms with Crippen LogP contribution in [0.2, 0.25) is 0 Å². The second-order valence-electron chi connectivity index (χ2n) is 3.22. The monoisotopic (exact) mass is 223 g/mol. The fraction of sp³-hybridized carbons (Fsp3) is 0.300. The standard InChI is InChI=1S/C10H13N3OS/c1-7(8-3-2-4-12-6-8)13-10(14)5-9(11)15/h2-4,6-7H,5H2,1H3,(H2,11,15)(H,13,14). The first kappa shape index (κ1) is 11.6. The minimum Gasteiger partial charge on any atom is -0.393 e. The normalized spacial score (nSPS) is 11.8. The number of aromatic nitrogens is 1. The Balaban J connectivity index is 2.53. The summed E-state index contributed by atoms with van der Waals surface area (Å²) in [6.07, 6.45) is 3.48. The largest absolute Gasteiger partial charge is 0.393 e. The summed E-state index contributed by atoms with van der Waals surface area (Å²) in [5.41, 5.74) is 6.22. The minimum atomic E-state index is -0.168. The van der Waals surface area contributed by atoms with Crippen LogP contribution < -0.4 is 11.1 Å². The summed E-state index contributed by atoms with van der Waals surface area (Å²) in [6.45, 7) is 1.88. The minimum absolute atomic E-state index is 0.0828. The Kier molecular flexibility index (Phi) is 4.17.